The van der Waals surface area contributed by atoms with Gasteiger partial charge in [-0.05, 0) is 37.4 Å². The Balaban J connectivity index is 1.45. The van der Waals surface area contributed by atoms with E-state index in [9.17, 15) is 10.2 Å². The van der Waals surface area contributed by atoms with Gasteiger partial charge in [0.15, 0.2) is 0 Å². The maximum Gasteiger partial charge on any atom is 0.145 e. The maximum atomic E-state index is 10.6. The highest BCUT2D eigenvalue weighted by atomic mass is 16.3. The number of phenolic OH excluding ortho intramolecular Hbond substituents is 1. The number of amidine groups is 1. The summed E-state index contributed by atoms with van der Waals surface area (Å²) in [6.07, 6.45) is 0. The first-order chi connectivity index (χ1) is 14.5. The molecule has 1 aromatic heterocycles. The van der Waals surface area contributed by atoms with Crippen molar-refractivity contribution in [2.75, 3.05) is 49.6 Å². The van der Waals surface area contributed by atoms with Crippen LogP contribution in [0.3, 0.4) is 0 Å². The molecule has 0 atom stereocenters. The maximum absolute atomic E-state index is 10.6. The minimum Gasteiger partial charge on any atom is -0.509 e. The first-order valence-corrected chi connectivity index (χ1v) is 10.0. The smallest absolute Gasteiger partial charge is 0.145 e. The highest BCUT2D eigenvalue weighted by Gasteiger charge is 2.32. The number of aliphatic hydroxyl groups excluding tert-OH is 1. The Morgan fingerprint density at radius 3 is 2.57 bits per heavy atom. The molecule has 1 fully saturated rings. The number of anilines is 2. The summed E-state index contributed by atoms with van der Waals surface area (Å²) < 4.78 is 0. The molecule has 2 aliphatic heterocycles. The molecule has 2 aliphatic rings. The molecule has 3 aromatic rings. The fraction of sp³-hybridized carbons (Fsp3) is 0.273. The van der Waals surface area contributed by atoms with Crippen LogP contribution in [0.15, 0.2) is 48.2 Å². The number of nitrogens with one attached hydrogen (secondary N) is 2. The zero-order valence-electron chi connectivity index (χ0n) is 16.8. The fourth-order valence-corrected chi connectivity index (χ4v) is 4.10. The van der Waals surface area contributed by atoms with Crippen molar-refractivity contribution >= 4 is 33.8 Å². The van der Waals surface area contributed by atoms with Crippen LogP contribution in [0, 0.1) is 5.41 Å². The summed E-state index contributed by atoms with van der Waals surface area (Å²) >= 11 is 0. The lowest BCUT2D eigenvalue weighted by molar-refractivity contribution is 0.313. The summed E-state index contributed by atoms with van der Waals surface area (Å²) in [5, 5.41) is 29.3. The van der Waals surface area contributed by atoms with Crippen LogP contribution in [0.1, 0.15) is 5.82 Å². The van der Waals surface area contributed by atoms with Crippen LogP contribution in [-0.4, -0.2) is 70.7 Å². The van der Waals surface area contributed by atoms with E-state index >= 15 is 0 Å². The predicted octanol–water partition coefficient (Wildman–Crippen LogP) is 2.79. The number of rotatable bonds is 3. The number of aliphatic hydroxyl groups is 1. The van der Waals surface area contributed by atoms with Crippen molar-refractivity contribution in [3.05, 3.63) is 54.0 Å². The minimum absolute atomic E-state index is 0.0570. The number of phenols is 1. The van der Waals surface area contributed by atoms with Crippen molar-refractivity contribution in [2.24, 2.45) is 0 Å². The van der Waals surface area contributed by atoms with E-state index in [1.165, 1.54) is 0 Å². The predicted molar refractivity (Wildman–Crippen MR) is 119 cm³/mol. The third-order valence-electron chi connectivity index (χ3n) is 5.85. The number of aromatic nitrogens is 2. The third kappa shape index (κ3) is 3.05. The van der Waals surface area contributed by atoms with Gasteiger partial charge in [0.1, 0.15) is 23.2 Å². The molecule has 5 rings (SSSR count). The van der Waals surface area contributed by atoms with Crippen LogP contribution in [0.25, 0.3) is 16.6 Å². The number of likely N-dealkylation sites (N-methyl/N-ethyl adjacent to an activating group) is 1. The Hall–Kier alpha value is -3.52. The van der Waals surface area contributed by atoms with Crippen LogP contribution in [0.5, 0.6) is 5.75 Å². The molecule has 154 valence electrons. The van der Waals surface area contributed by atoms with Crippen LogP contribution < -0.4 is 9.80 Å². The molecule has 0 spiro atoms. The Kier molecular flexibility index (Phi) is 4.36. The van der Waals surface area contributed by atoms with Gasteiger partial charge in [0.05, 0.1) is 28.8 Å². The largest absolute Gasteiger partial charge is 0.509 e. The molecular formula is C22H24N6O2. The van der Waals surface area contributed by atoms with Gasteiger partial charge in [-0.3, -0.25) is 5.41 Å². The number of piperazine rings is 1. The van der Waals surface area contributed by atoms with Crippen molar-refractivity contribution in [2.45, 2.75) is 0 Å². The van der Waals surface area contributed by atoms with Crippen molar-refractivity contribution in [1.82, 2.24) is 14.9 Å². The van der Waals surface area contributed by atoms with Crippen LogP contribution in [0.2, 0.25) is 0 Å². The van der Waals surface area contributed by atoms with E-state index in [0.717, 1.165) is 42.9 Å². The molecule has 0 amide bonds. The van der Waals surface area contributed by atoms with E-state index in [-0.39, 0.29) is 23.9 Å². The summed E-state index contributed by atoms with van der Waals surface area (Å²) in [5.74, 6) is 0.688. The molecule has 30 heavy (non-hydrogen) atoms. The average Bonchev–Trinajstić information content (AvgIpc) is 3.28. The number of nitrogens with zero attached hydrogens (tertiary/aromatic N) is 4. The molecule has 3 heterocycles. The highest BCUT2D eigenvalue weighted by molar-refractivity contribution is 6.30. The van der Waals surface area contributed by atoms with Gasteiger partial charge in [-0.15, -0.1) is 0 Å². The number of H-pyrrole nitrogens is 1. The van der Waals surface area contributed by atoms with Crippen molar-refractivity contribution in [3.63, 3.8) is 0 Å². The number of hydrogen-bond donors (Lipinski definition) is 4. The molecule has 8 heteroatoms. The minimum atomic E-state index is 0.0570. The number of hydrogen-bond acceptors (Lipinski definition) is 6. The summed E-state index contributed by atoms with van der Waals surface area (Å²) in [6.45, 7) is 4.15. The van der Waals surface area contributed by atoms with Gasteiger partial charge in [0.25, 0.3) is 0 Å². The summed E-state index contributed by atoms with van der Waals surface area (Å²) in [4.78, 5) is 14.1. The van der Waals surface area contributed by atoms with Crippen molar-refractivity contribution in [3.8, 4) is 5.75 Å². The Morgan fingerprint density at radius 2 is 1.80 bits per heavy atom. The number of benzene rings is 2. The molecule has 0 unspecified atom stereocenters. The molecule has 0 bridgehead atoms. The number of aromatic hydroxyl groups is 1. The SMILES string of the molecule is CN1CCN(c2ccc3nc(C4=C(O)CN(c5ccccc5O)C4=N)[nH]c3c2)CC1. The number of imidazole rings is 1. The van der Waals surface area contributed by atoms with Gasteiger partial charge in [-0.25, -0.2) is 4.98 Å². The lowest BCUT2D eigenvalue weighted by atomic mass is 10.2. The van der Waals surface area contributed by atoms with E-state index in [2.05, 4.69) is 38.9 Å². The second-order valence-corrected chi connectivity index (χ2v) is 7.82. The Bertz CT molecular complexity index is 1160. The molecule has 1 saturated heterocycles. The first-order valence-electron chi connectivity index (χ1n) is 10.0. The van der Waals surface area contributed by atoms with Gasteiger partial charge in [0.2, 0.25) is 0 Å². The Morgan fingerprint density at radius 1 is 1.03 bits per heavy atom. The van der Waals surface area contributed by atoms with Gasteiger partial charge < -0.3 is 29.9 Å². The van der Waals surface area contributed by atoms with Gasteiger partial charge in [-0.1, -0.05) is 12.1 Å². The lowest BCUT2D eigenvalue weighted by Gasteiger charge is -2.34. The Labute approximate surface area is 174 Å². The fourth-order valence-electron chi connectivity index (χ4n) is 4.10. The third-order valence-corrected chi connectivity index (χ3v) is 5.85. The van der Waals surface area contributed by atoms with Gasteiger partial charge in [0, 0.05) is 31.9 Å². The molecular weight excluding hydrogens is 380 g/mol. The zero-order chi connectivity index (χ0) is 20.8. The standard InChI is InChI=1S/C22H24N6O2/c1-26-8-10-27(11-9-26)14-6-7-15-16(12-14)25-22(24-15)20-19(30)13-28(21(20)23)17-4-2-3-5-18(17)29/h2-7,12,23,29-30H,8-11,13H2,1H3,(H,24,25). The number of aromatic amines is 1. The van der Waals surface area contributed by atoms with Crippen LogP contribution in [-0.2, 0) is 0 Å². The number of para-hydroxylation sites is 2. The summed E-state index contributed by atoms with van der Waals surface area (Å²) in [5.41, 5.74) is 3.64. The number of fused-ring (bicyclic) bond motifs is 1. The zero-order valence-corrected chi connectivity index (χ0v) is 16.8. The second-order valence-electron chi connectivity index (χ2n) is 7.82. The first kappa shape index (κ1) is 18.5. The molecule has 4 N–H and O–H groups in total. The van der Waals surface area contributed by atoms with Crippen LogP contribution in [0.4, 0.5) is 11.4 Å². The van der Waals surface area contributed by atoms with Gasteiger partial charge in [-0.2, -0.15) is 0 Å². The molecule has 0 radical (unpaired) electrons. The molecule has 0 aliphatic carbocycles. The molecule has 2 aromatic carbocycles. The van der Waals surface area contributed by atoms with E-state index in [0.29, 0.717) is 17.1 Å². The van der Waals surface area contributed by atoms with Crippen molar-refractivity contribution in [1.29, 1.82) is 5.41 Å². The van der Waals surface area contributed by atoms with E-state index in [1.54, 1.807) is 29.2 Å². The highest BCUT2D eigenvalue weighted by Crippen LogP contribution is 2.35. The monoisotopic (exact) mass is 404 g/mol. The summed E-state index contributed by atoms with van der Waals surface area (Å²) in [7, 11) is 2.14. The second kappa shape index (κ2) is 7.07. The molecule has 8 nitrogen and oxygen atoms in total. The van der Waals surface area contributed by atoms with Gasteiger partial charge >= 0.3 is 0 Å². The average molecular weight is 404 g/mol. The van der Waals surface area contributed by atoms with E-state index < -0.39 is 0 Å². The normalized spacial score (nSPS) is 18.1. The topological polar surface area (TPSA) is 103 Å². The van der Waals surface area contributed by atoms with E-state index in [4.69, 9.17) is 5.41 Å². The quantitative estimate of drug-likeness (QED) is 0.535. The van der Waals surface area contributed by atoms with Crippen molar-refractivity contribution < 1.29 is 10.2 Å². The summed E-state index contributed by atoms with van der Waals surface area (Å²) in [6, 6.07) is 12.9. The molecule has 0 saturated carbocycles. The lowest BCUT2D eigenvalue weighted by Crippen LogP contribution is -2.44. The van der Waals surface area contributed by atoms with E-state index in [1.807, 2.05) is 6.07 Å². The van der Waals surface area contributed by atoms with Crippen LogP contribution >= 0.6 is 0 Å².